The highest BCUT2D eigenvalue weighted by atomic mass is 32.2. The molecule has 3 rings (SSSR count). The molecule has 2 bridgehead atoms. The van der Waals surface area contributed by atoms with E-state index in [1.54, 1.807) is 4.31 Å². The highest BCUT2D eigenvalue weighted by Gasteiger charge is 2.46. The van der Waals surface area contributed by atoms with Crippen molar-refractivity contribution in [2.75, 3.05) is 6.54 Å². The first-order chi connectivity index (χ1) is 10.4. The summed E-state index contributed by atoms with van der Waals surface area (Å²) in [7, 11) is -3.60. The second-order valence-electron chi connectivity index (χ2n) is 6.04. The van der Waals surface area contributed by atoms with Crippen molar-refractivity contribution in [3.63, 3.8) is 0 Å². The summed E-state index contributed by atoms with van der Waals surface area (Å²) in [6.07, 6.45) is 3.35. The van der Waals surface area contributed by atoms with E-state index in [0.29, 0.717) is 12.5 Å². The van der Waals surface area contributed by atoms with Crippen molar-refractivity contribution in [2.24, 2.45) is 11.7 Å². The maximum absolute atomic E-state index is 12.8. The third kappa shape index (κ3) is 2.51. The van der Waals surface area contributed by atoms with Crippen molar-refractivity contribution in [3.05, 3.63) is 34.4 Å². The Balaban J connectivity index is 1.89. The number of fused-ring (bicyclic) bond motifs is 2. The fraction of sp³-hybridized carbons (Fsp3) is 0.571. The molecule has 1 aromatic rings. The van der Waals surface area contributed by atoms with E-state index < -0.39 is 14.9 Å². The molecule has 0 radical (unpaired) electrons. The number of nitrogens with zero attached hydrogens (tertiary/aromatic N) is 2. The van der Waals surface area contributed by atoms with E-state index in [2.05, 4.69) is 0 Å². The molecule has 2 atom stereocenters. The molecule has 120 valence electrons. The van der Waals surface area contributed by atoms with Gasteiger partial charge in [-0.15, -0.1) is 0 Å². The number of rotatable bonds is 4. The van der Waals surface area contributed by atoms with Gasteiger partial charge in [0.2, 0.25) is 10.0 Å². The maximum atomic E-state index is 12.8. The number of hydrogen-bond acceptors (Lipinski definition) is 5. The minimum atomic E-state index is -3.60. The van der Waals surface area contributed by atoms with Gasteiger partial charge in [-0.25, -0.2) is 8.42 Å². The van der Waals surface area contributed by atoms with Gasteiger partial charge in [0.15, 0.2) is 0 Å². The lowest BCUT2D eigenvalue weighted by Crippen LogP contribution is -2.47. The van der Waals surface area contributed by atoms with Gasteiger partial charge in [0.25, 0.3) is 5.69 Å². The second-order valence-corrected chi connectivity index (χ2v) is 7.89. The van der Waals surface area contributed by atoms with Crippen LogP contribution in [0.4, 0.5) is 5.69 Å². The van der Waals surface area contributed by atoms with E-state index in [-0.39, 0.29) is 22.7 Å². The van der Waals surface area contributed by atoms with Crippen LogP contribution in [0.2, 0.25) is 0 Å². The van der Waals surface area contributed by atoms with Crippen LogP contribution in [-0.2, 0) is 10.0 Å². The Morgan fingerprint density at radius 1 is 1.18 bits per heavy atom. The first-order valence-electron chi connectivity index (χ1n) is 7.41. The molecule has 22 heavy (non-hydrogen) atoms. The predicted octanol–water partition coefficient (Wildman–Crippen LogP) is 1.49. The quantitative estimate of drug-likeness (QED) is 0.666. The topological polar surface area (TPSA) is 107 Å². The average Bonchev–Trinajstić information content (AvgIpc) is 2.79. The zero-order valence-corrected chi connectivity index (χ0v) is 12.9. The molecule has 2 fully saturated rings. The first-order valence-corrected chi connectivity index (χ1v) is 8.85. The molecule has 0 saturated carbocycles. The summed E-state index contributed by atoms with van der Waals surface area (Å²) >= 11 is 0. The minimum Gasteiger partial charge on any atom is -0.330 e. The Morgan fingerprint density at radius 3 is 2.18 bits per heavy atom. The van der Waals surface area contributed by atoms with Gasteiger partial charge in [-0.3, -0.25) is 10.1 Å². The number of piperidine rings is 1. The van der Waals surface area contributed by atoms with Crippen LogP contribution in [0.25, 0.3) is 0 Å². The van der Waals surface area contributed by atoms with Crippen molar-refractivity contribution in [3.8, 4) is 0 Å². The van der Waals surface area contributed by atoms with Gasteiger partial charge in [0, 0.05) is 24.2 Å². The molecule has 0 amide bonds. The van der Waals surface area contributed by atoms with E-state index >= 15 is 0 Å². The van der Waals surface area contributed by atoms with Gasteiger partial charge in [-0.05, 0) is 50.3 Å². The number of sulfonamides is 1. The van der Waals surface area contributed by atoms with Crippen LogP contribution in [0.1, 0.15) is 25.7 Å². The summed E-state index contributed by atoms with van der Waals surface area (Å²) < 4.78 is 27.3. The van der Waals surface area contributed by atoms with E-state index in [9.17, 15) is 18.5 Å². The molecule has 0 spiro atoms. The van der Waals surface area contributed by atoms with Gasteiger partial charge in [-0.2, -0.15) is 4.31 Å². The highest BCUT2D eigenvalue weighted by Crippen LogP contribution is 2.41. The molecule has 2 aliphatic heterocycles. The molecular weight excluding hydrogens is 306 g/mol. The Bertz CT molecular complexity index is 660. The van der Waals surface area contributed by atoms with Crippen molar-refractivity contribution in [1.29, 1.82) is 0 Å². The number of benzene rings is 1. The maximum Gasteiger partial charge on any atom is 0.269 e. The Kier molecular flexibility index (Phi) is 3.92. The van der Waals surface area contributed by atoms with Crippen LogP contribution in [-0.4, -0.2) is 36.3 Å². The monoisotopic (exact) mass is 325 g/mol. The number of nitro groups is 1. The third-order valence-corrected chi connectivity index (χ3v) is 6.74. The van der Waals surface area contributed by atoms with Gasteiger partial charge >= 0.3 is 0 Å². The lowest BCUT2D eigenvalue weighted by atomic mass is 9.93. The first kappa shape index (κ1) is 15.4. The lowest BCUT2D eigenvalue weighted by molar-refractivity contribution is -0.384. The van der Waals surface area contributed by atoms with E-state index in [1.807, 2.05) is 0 Å². The molecule has 7 nitrogen and oxygen atoms in total. The fourth-order valence-corrected chi connectivity index (χ4v) is 5.58. The fourth-order valence-electron chi connectivity index (χ4n) is 3.69. The average molecular weight is 325 g/mol. The molecule has 2 saturated heterocycles. The third-order valence-electron chi connectivity index (χ3n) is 4.72. The van der Waals surface area contributed by atoms with E-state index in [0.717, 1.165) is 25.7 Å². The molecule has 0 aliphatic carbocycles. The van der Waals surface area contributed by atoms with Crippen LogP contribution in [0.15, 0.2) is 29.2 Å². The van der Waals surface area contributed by atoms with Crippen LogP contribution in [0.3, 0.4) is 0 Å². The minimum absolute atomic E-state index is 0.00694. The standard InChI is InChI=1S/C14H19N3O4S/c15-9-10-7-12-1-2-13(8-10)16(12)22(20,21)14-5-3-11(4-6-14)17(18)19/h3-6,10,12-13H,1-2,7-9,15H2. The largest absolute Gasteiger partial charge is 0.330 e. The highest BCUT2D eigenvalue weighted by molar-refractivity contribution is 7.89. The Labute approximate surface area is 129 Å². The summed E-state index contributed by atoms with van der Waals surface area (Å²) in [5.74, 6) is 0.390. The van der Waals surface area contributed by atoms with Crippen LogP contribution in [0.5, 0.6) is 0 Å². The molecule has 2 unspecified atom stereocenters. The van der Waals surface area contributed by atoms with E-state index in [4.69, 9.17) is 5.73 Å². The lowest BCUT2D eigenvalue weighted by Gasteiger charge is -2.37. The van der Waals surface area contributed by atoms with Crippen molar-refractivity contribution >= 4 is 15.7 Å². The number of nitrogens with two attached hydrogens (primary N) is 1. The van der Waals surface area contributed by atoms with Crippen molar-refractivity contribution < 1.29 is 13.3 Å². The van der Waals surface area contributed by atoms with Crippen molar-refractivity contribution in [2.45, 2.75) is 42.7 Å². The van der Waals surface area contributed by atoms with Gasteiger partial charge in [-0.1, -0.05) is 0 Å². The number of nitro benzene ring substituents is 1. The predicted molar refractivity (Wildman–Crippen MR) is 80.7 cm³/mol. The Morgan fingerprint density at radius 2 is 1.73 bits per heavy atom. The molecular formula is C14H19N3O4S. The summed E-state index contributed by atoms with van der Waals surface area (Å²) in [5, 5.41) is 10.7. The molecule has 2 N–H and O–H groups in total. The zero-order valence-electron chi connectivity index (χ0n) is 12.1. The van der Waals surface area contributed by atoms with Gasteiger partial charge < -0.3 is 5.73 Å². The van der Waals surface area contributed by atoms with Crippen LogP contribution in [0, 0.1) is 16.0 Å². The SMILES string of the molecule is NCC1CC2CCC(C1)N2S(=O)(=O)c1ccc([N+](=O)[O-])cc1. The summed E-state index contributed by atoms with van der Waals surface area (Å²) in [4.78, 5) is 10.3. The molecule has 2 heterocycles. The summed E-state index contributed by atoms with van der Waals surface area (Å²) in [5.41, 5.74) is 5.63. The van der Waals surface area contributed by atoms with Crippen molar-refractivity contribution in [1.82, 2.24) is 4.31 Å². The van der Waals surface area contributed by atoms with Crippen LogP contribution >= 0.6 is 0 Å². The Hall–Kier alpha value is -1.51. The summed E-state index contributed by atoms with van der Waals surface area (Å²) in [6, 6.07) is 5.13. The summed E-state index contributed by atoms with van der Waals surface area (Å²) in [6.45, 7) is 0.596. The molecule has 8 heteroatoms. The smallest absolute Gasteiger partial charge is 0.269 e. The van der Waals surface area contributed by atoms with Gasteiger partial charge in [0.1, 0.15) is 0 Å². The number of hydrogen-bond donors (Lipinski definition) is 1. The van der Waals surface area contributed by atoms with Crippen LogP contribution < -0.4 is 5.73 Å². The zero-order chi connectivity index (χ0) is 15.9. The van der Waals surface area contributed by atoms with E-state index in [1.165, 1.54) is 24.3 Å². The van der Waals surface area contributed by atoms with Gasteiger partial charge in [0.05, 0.1) is 9.82 Å². The molecule has 1 aromatic carbocycles. The number of non-ortho nitro benzene ring substituents is 1. The molecule has 2 aliphatic rings. The molecule has 0 aromatic heterocycles. The second kappa shape index (κ2) is 5.60. The normalized spacial score (nSPS) is 28.7.